The van der Waals surface area contributed by atoms with Gasteiger partial charge >= 0.3 is 0 Å². The summed E-state index contributed by atoms with van der Waals surface area (Å²) < 4.78 is 0. The van der Waals surface area contributed by atoms with Crippen LogP contribution in [0.3, 0.4) is 0 Å². The highest BCUT2D eigenvalue weighted by Gasteiger charge is 2.37. The largest absolute Gasteiger partial charge is 0.325 e. The number of likely N-dealkylation sites (N-methyl/N-ethyl adjacent to an activating group) is 1. The lowest BCUT2D eigenvalue weighted by atomic mass is 10.2. The van der Waals surface area contributed by atoms with Crippen LogP contribution in [0, 0.1) is 0 Å². The minimum Gasteiger partial charge on any atom is -0.325 e. The van der Waals surface area contributed by atoms with E-state index in [1.807, 2.05) is 0 Å². The molecule has 0 bridgehead atoms. The van der Waals surface area contributed by atoms with E-state index in [4.69, 9.17) is 0 Å². The summed E-state index contributed by atoms with van der Waals surface area (Å²) in [5, 5.41) is 3.49. The third-order valence-corrected chi connectivity index (χ3v) is 4.41. The monoisotopic (exact) mass is 267 g/mol. The van der Waals surface area contributed by atoms with Gasteiger partial charge in [0.25, 0.3) is 0 Å². The number of nitrogens with zero attached hydrogens (tertiary/aromatic N) is 2. The quantitative estimate of drug-likeness (QED) is 0.728. The second-order valence-electron chi connectivity index (χ2n) is 5.82. The Bertz CT molecular complexity index is 304. The van der Waals surface area contributed by atoms with Crippen molar-refractivity contribution in [1.82, 2.24) is 15.1 Å². The summed E-state index contributed by atoms with van der Waals surface area (Å²) in [6.45, 7) is 9.54. The van der Waals surface area contributed by atoms with E-state index in [1.165, 1.54) is 12.8 Å². The fraction of sp³-hybridized carbons (Fsp3) is 0.933. The number of nitrogens with one attached hydrogen (secondary N) is 1. The van der Waals surface area contributed by atoms with Gasteiger partial charge in [0.1, 0.15) is 0 Å². The molecule has 0 radical (unpaired) electrons. The van der Waals surface area contributed by atoms with Crippen molar-refractivity contribution < 1.29 is 4.79 Å². The Morgan fingerprint density at radius 1 is 1.32 bits per heavy atom. The summed E-state index contributed by atoms with van der Waals surface area (Å²) in [6, 6.07) is 0.855. The van der Waals surface area contributed by atoms with Crippen LogP contribution in [0.15, 0.2) is 0 Å². The first-order valence-electron chi connectivity index (χ1n) is 8.01. The van der Waals surface area contributed by atoms with E-state index >= 15 is 0 Å². The van der Waals surface area contributed by atoms with Gasteiger partial charge in [-0.05, 0) is 32.2 Å². The third kappa shape index (κ3) is 3.48. The lowest BCUT2D eigenvalue weighted by Gasteiger charge is -2.27. The first-order valence-corrected chi connectivity index (χ1v) is 8.01. The maximum absolute atomic E-state index is 12.4. The van der Waals surface area contributed by atoms with Crippen molar-refractivity contribution >= 4 is 5.91 Å². The van der Waals surface area contributed by atoms with Crippen molar-refractivity contribution in [3.05, 3.63) is 0 Å². The number of rotatable bonds is 8. The average molecular weight is 267 g/mol. The highest BCUT2D eigenvalue weighted by atomic mass is 16.2. The Kier molecular flexibility index (Phi) is 5.22. The lowest BCUT2D eigenvalue weighted by Crippen LogP contribution is -2.42. The molecule has 1 aliphatic heterocycles. The number of hydrogen-bond donors (Lipinski definition) is 1. The smallest absolute Gasteiger partial charge is 0.241 e. The minimum absolute atomic E-state index is 0.0611. The van der Waals surface area contributed by atoms with Gasteiger partial charge in [0.05, 0.1) is 12.2 Å². The average Bonchev–Trinajstić information content (AvgIpc) is 3.20. The second kappa shape index (κ2) is 6.71. The van der Waals surface area contributed by atoms with Crippen molar-refractivity contribution in [2.45, 2.75) is 71.1 Å². The van der Waals surface area contributed by atoms with E-state index in [0.717, 1.165) is 44.9 Å². The molecule has 0 aromatic carbocycles. The van der Waals surface area contributed by atoms with Crippen LogP contribution >= 0.6 is 0 Å². The van der Waals surface area contributed by atoms with Gasteiger partial charge in [0, 0.05) is 19.1 Å². The Morgan fingerprint density at radius 2 is 2.05 bits per heavy atom. The molecule has 0 spiro atoms. The van der Waals surface area contributed by atoms with Crippen molar-refractivity contribution in [1.29, 1.82) is 0 Å². The molecule has 1 N–H and O–H groups in total. The summed E-state index contributed by atoms with van der Waals surface area (Å²) in [7, 11) is 0. The second-order valence-corrected chi connectivity index (χ2v) is 5.82. The molecule has 0 aromatic rings. The maximum Gasteiger partial charge on any atom is 0.241 e. The van der Waals surface area contributed by atoms with Crippen LogP contribution in [0.2, 0.25) is 0 Å². The topological polar surface area (TPSA) is 35.6 Å². The van der Waals surface area contributed by atoms with Crippen molar-refractivity contribution in [3.63, 3.8) is 0 Å². The summed E-state index contributed by atoms with van der Waals surface area (Å²) in [5.74, 6) is 0.320. The molecule has 4 heteroatoms. The number of amides is 1. The number of carbonyl (C=O) groups excluding carboxylic acids is 1. The highest BCUT2D eigenvalue weighted by molar-refractivity contribution is 5.84. The molecule has 0 aromatic heterocycles. The zero-order chi connectivity index (χ0) is 13.8. The minimum atomic E-state index is 0.0611. The molecule has 1 saturated heterocycles. The van der Waals surface area contributed by atoms with Gasteiger partial charge in [0.2, 0.25) is 5.91 Å². The molecule has 1 amide bonds. The van der Waals surface area contributed by atoms with Gasteiger partial charge in [-0.25, -0.2) is 0 Å². The molecule has 2 rings (SSSR count). The van der Waals surface area contributed by atoms with Gasteiger partial charge < -0.3 is 4.90 Å². The zero-order valence-electron chi connectivity index (χ0n) is 12.7. The fourth-order valence-corrected chi connectivity index (χ4v) is 3.12. The summed E-state index contributed by atoms with van der Waals surface area (Å²) >= 11 is 0. The highest BCUT2D eigenvalue weighted by Crippen LogP contribution is 2.26. The van der Waals surface area contributed by atoms with Crippen LogP contribution < -0.4 is 5.32 Å². The molecular formula is C15H29N3O. The first-order chi connectivity index (χ1) is 9.21. The fourth-order valence-electron chi connectivity index (χ4n) is 3.12. The Labute approximate surface area is 117 Å². The van der Waals surface area contributed by atoms with Gasteiger partial charge in [-0.1, -0.05) is 27.2 Å². The van der Waals surface area contributed by atoms with Crippen LogP contribution in [-0.2, 0) is 4.79 Å². The van der Waals surface area contributed by atoms with Crippen LogP contribution in [0.4, 0.5) is 0 Å². The first kappa shape index (κ1) is 14.8. The molecule has 1 saturated carbocycles. The molecule has 2 atom stereocenters. The van der Waals surface area contributed by atoms with Crippen molar-refractivity contribution in [2.75, 3.05) is 19.6 Å². The van der Waals surface area contributed by atoms with E-state index in [1.54, 1.807) is 0 Å². The molecule has 2 aliphatic rings. The molecule has 1 aliphatic carbocycles. The van der Waals surface area contributed by atoms with E-state index in [2.05, 4.69) is 35.9 Å². The number of carbonyl (C=O) groups is 1. The van der Waals surface area contributed by atoms with E-state index in [0.29, 0.717) is 5.91 Å². The molecular weight excluding hydrogens is 238 g/mol. The maximum atomic E-state index is 12.4. The normalized spacial score (nSPS) is 27.6. The molecule has 110 valence electrons. The van der Waals surface area contributed by atoms with Gasteiger partial charge in [-0.3, -0.25) is 15.0 Å². The Balaban J connectivity index is 1.87. The Hall–Kier alpha value is -0.610. The third-order valence-electron chi connectivity index (χ3n) is 4.41. The standard InChI is InChI=1S/C15H29N3O/c1-4-7-13-15(19)18(14(5-2)16-13)11-10-17(6-3)12-8-9-12/h12-14,16H,4-11H2,1-3H3. The van der Waals surface area contributed by atoms with E-state index < -0.39 is 0 Å². The molecule has 1 heterocycles. The van der Waals surface area contributed by atoms with E-state index in [-0.39, 0.29) is 12.2 Å². The molecule has 2 unspecified atom stereocenters. The van der Waals surface area contributed by atoms with Crippen LogP contribution in [0.25, 0.3) is 0 Å². The summed E-state index contributed by atoms with van der Waals surface area (Å²) in [6.07, 6.45) is 5.97. The molecule has 4 nitrogen and oxygen atoms in total. The summed E-state index contributed by atoms with van der Waals surface area (Å²) in [5.41, 5.74) is 0. The predicted molar refractivity (Wildman–Crippen MR) is 77.9 cm³/mol. The molecule has 19 heavy (non-hydrogen) atoms. The van der Waals surface area contributed by atoms with Crippen LogP contribution in [0.5, 0.6) is 0 Å². The van der Waals surface area contributed by atoms with Gasteiger partial charge in [-0.2, -0.15) is 0 Å². The van der Waals surface area contributed by atoms with Gasteiger partial charge in [0.15, 0.2) is 0 Å². The summed E-state index contributed by atoms with van der Waals surface area (Å²) in [4.78, 5) is 17.0. The van der Waals surface area contributed by atoms with E-state index in [9.17, 15) is 4.79 Å². The predicted octanol–water partition coefficient (Wildman–Crippen LogP) is 1.81. The number of hydrogen-bond acceptors (Lipinski definition) is 3. The zero-order valence-corrected chi connectivity index (χ0v) is 12.7. The Morgan fingerprint density at radius 3 is 2.58 bits per heavy atom. The van der Waals surface area contributed by atoms with Crippen LogP contribution in [-0.4, -0.2) is 53.6 Å². The van der Waals surface area contributed by atoms with Crippen molar-refractivity contribution in [3.8, 4) is 0 Å². The van der Waals surface area contributed by atoms with Gasteiger partial charge in [-0.15, -0.1) is 0 Å². The van der Waals surface area contributed by atoms with Crippen LogP contribution in [0.1, 0.15) is 52.9 Å². The van der Waals surface area contributed by atoms with Crippen molar-refractivity contribution in [2.24, 2.45) is 0 Å². The molecule has 2 fully saturated rings. The SMILES string of the molecule is CCCC1NC(CC)N(CCN(CC)C2CC2)C1=O. The lowest BCUT2D eigenvalue weighted by molar-refractivity contribution is -0.130.